The first kappa shape index (κ1) is 55.7. The average molecular weight is 771 g/mol. The van der Waals surface area contributed by atoms with Crippen LogP contribution in [0.2, 0.25) is 0 Å². The Kier molecular flexibility index (Phi) is 39.5. The van der Waals surface area contributed by atoms with Gasteiger partial charge < -0.3 is 54.5 Å². The largest absolute Gasteiger partial charge is 3.00 e. The number of halogens is 4. The van der Waals surface area contributed by atoms with Crippen molar-refractivity contribution in [3.05, 3.63) is 122 Å². The smallest absolute Gasteiger partial charge is 3.00 e. The summed E-state index contributed by atoms with van der Waals surface area (Å²) in [5.74, 6) is 0. The Morgan fingerprint density at radius 3 is 1.26 bits per heavy atom. The van der Waals surface area contributed by atoms with Crippen LogP contribution in [-0.2, 0) is 47.1 Å². The maximum absolute atomic E-state index is 4.93. The zero-order chi connectivity index (χ0) is 24.5. The van der Waals surface area contributed by atoms with Gasteiger partial charge in [0, 0.05) is 0 Å². The predicted molar refractivity (Wildman–Crippen MR) is 166 cm³/mol. The second kappa shape index (κ2) is 27.7. The van der Waals surface area contributed by atoms with Crippen molar-refractivity contribution >= 4 is 17.0 Å². The van der Waals surface area contributed by atoms with E-state index in [1.54, 1.807) is 11.1 Å². The summed E-state index contributed by atoms with van der Waals surface area (Å²) >= 11 is -0.826. The second-order valence-electron chi connectivity index (χ2n) is 9.09. The summed E-state index contributed by atoms with van der Waals surface area (Å²) in [6.07, 6.45) is 20.4. The molecule has 0 saturated heterocycles. The van der Waals surface area contributed by atoms with Crippen LogP contribution < -0.4 is 24.8 Å². The van der Waals surface area contributed by atoms with E-state index in [1.807, 2.05) is 12.2 Å². The molecule has 4 aliphatic carbocycles. The van der Waals surface area contributed by atoms with Gasteiger partial charge in [-0.05, 0) is 62.8 Å². The van der Waals surface area contributed by atoms with Gasteiger partial charge in [-0.1, -0.05) is 56.4 Å². The van der Waals surface area contributed by atoms with E-state index in [4.69, 9.17) is 17.0 Å². The fraction of sp³-hybridized carbons (Fsp3) is 0.394. The van der Waals surface area contributed by atoms with Crippen LogP contribution in [0.1, 0.15) is 81.6 Å². The third-order valence-corrected chi connectivity index (χ3v) is 6.83. The Labute approximate surface area is 295 Å². The minimum absolute atomic E-state index is 0. The van der Waals surface area contributed by atoms with Crippen molar-refractivity contribution in [1.29, 1.82) is 0 Å². The number of hydrogen-bond donors (Lipinski definition) is 0. The molecule has 0 spiro atoms. The number of hydrogen-bond acceptors (Lipinski definition) is 0. The Hall–Kier alpha value is 0.846. The molecule has 223 valence electrons. The Bertz CT molecular complexity index is 891. The quantitative estimate of drug-likeness (QED) is 0.291. The maximum Gasteiger partial charge on any atom is 3.00 e. The second-order valence-corrected chi connectivity index (χ2v) is 12.8. The van der Waals surface area contributed by atoms with Gasteiger partial charge in [0.05, 0.1) is 0 Å². The summed E-state index contributed by atoms with van der Waals surface area (Å²) in [5, 5.41) is 0. The van der Waals surface area contributed by atoms with Crippen molar-refractivity contribution in [1.82, 2.24) is 0 Å². The average Bonchev–Trinajstić information content (AvgIpc) is 3.51. The molecule has 1 radical (unpaired) electrons. The van der Waals surface area contributed by atoms with Crippen LogP contribution in [-0.4, -0.2) is 0 Å². The molecule has 4 aliphatic rings. The van der Waals surface area contributed by atoms with Gasteiger partial charge in [-0.2, -0.15) is 17.2 Å². The van der Waals surface area contributed by atoms with Crippen molar-refractivity contribution in [3.63, 3.8) is 0 Å². The fourth-order valence-corrected chi connectivity index (χ4v) is 4.04. The van der Waals surface area contributed by atoms with Gasteiger partial charge in [0.1, 0.15) is 0 Å². The molecule has 0 unspecified atom stereocenters. The SMILES string of the molecule is CC1=CCC(C2=C(C)C(C)=CC2)=C1C.CC1=[C-]C(C)(C)C(C)=C1C.[C-]1=CC=CC1.[CH3-].[CH3-].[CH3-].[CH3-].[Cl-].[Cl-].[Cl][Zr][Cl].[Zr+3]. The first-order valence-electron chi connectivity index (χ1n) is 11.2. The standard InChI is InChI=1S/C14H18.C10H15.C5H5.4CH3.4ClH.2Zr/c1-9-5-7-13(11(9)3)14-8-6-10(2)12(14)4;1-7-6-10(4,5)9(3)8(7)2;1-2-4-5-3-1;;;;;;;;;;/h5-6H,7-8H2,1-4H3;1-5H3;1-3H,4H2;4*1H3;4*1H;;/q;6*-1;;;;;+2;+3/p-4. The molecule has 0 bridgehead atoms. The van der Waals surface area contributed by atoms with E-state index in [-0.39, 0.29) is 86.1 Å². The first-order chi connectivity index (χ1) is 15.0. The minimum atomic E-state index is -0.826. The van der Waals surface area contributed by atoms with E-state index in [0.717, 1.165) is 19.3 Å². The van der Waals surface area contributed by atoms with Crippen LogP contribution in [0.15, 0.2) is 80.5 Å². The molecule has 6 heteroatoms. The molecule has 0 amide bonds. The van der Waals surface area contributed by atoms with E-state index < -0.39 is 20.8 Å². The van der Waals surface area contributed by atoms with Crippen LogP contribution in [0.4, 0.5) is 0 Å². The molecule has 0 aromatic carbocycles. The van der Waals surface area contributed by atoms with Crippen molar-refractivity contribution in [3.8, 4) is 0 Å². The zero-order valence-electron chi connectivity index (χ0n) is 26.5. The number of rotatable bonds is 1. The Morgan fingerprint density at radius 1 is 0.744 bits per heavy atom. The van der Waals surface area contributed by atoms with E-state index in [1.165, 1.54) is 39.0 Å². The van der Waals surface area contributed by atoms with Gasteiger partial charge in [-0.3, -0.25) is 12.2 Å². The molecule has 0 N–H and O–H groups in total. The van der Waals surface area contributed by atoms with E-state index >= 15 is 0 Å². The van der Waals surface area contributed by atoms with E-state index in [9.17, 15) is 0 Å². The van der Waals surface area contributed by atoms with Crippen molar-refractivity contribution in [2.24, 2.45) is 5.41 Å². The van der Waals surface area contributed by atoms with Crippen molar-refractivity contribution in [2.75, 3.05) is 0 Å². The van der Waals surface area contributed by atoms with Crippen LogP contribution in [0.25, 0.3) is 0 Å². The van der Waals surface area contributed by atoms with E-state index in [0.29, 0.717) is 0 Å². The Balaban J connectivity index is -0.0000000734. The molecule has 0 aromatic heterocycles. The van der Waals surface area contributed by atoms with Gasteiger partial charge in [0.15, 0.2) is 0 Å². The van der Waals surface area contributed by atoms with Crippen molar-refractivity contribution < 1.29 is 71.9 Å². The summed E-state index contributed by atoms with van der Waals surface area (Å²) < 4.78 is 0. The van der Waals surface area contributed by atoms with Crippen LogP contribution in [0.5, 0.6) is 0 Å². The maximum atomic E-state index is 4.93. The summed E-state index contributed by atoms with van der Waals surface area (Å²) in [7, 11) is 9.87. The molecule has 0 heterocycles. The molecular weight excluding hydrogens is 721 g/mol. The third kappa shape index (κ3) is 17.5. The van der Waals surface area contributed by atoms with Gasteiger partial charge in [0.25, 0.3) is 0 Å². The Morgan fingerprint density at radius 2 is 1.13 bits per heavy atom. The summed E-state index contributed by atoms with van der Waals surface area (Å²) in [5.41, 5.74) is 13.5. The summed E-state index contributed by atoms with van der Waals surface area (Å²) in [4.78, 5) is 0. The molecule has 0 nitrogen and oxygen atoms in total. The minimum Gasteiger partial charge on any atom is 3.00 e. The van der Waals surface area contributed by atoms with Crippen LogP contribution >= 0.6 is 17.0 Å². The van der Waals surface area contributed by atoms with Crippen molar-refractivity contribution in [2.45, 2.75) is 81.6 Å². The molecule has 0 saturated carbocycles. The number of allylic oxidation sites excluding steroid dienone is 16. The fourth-order valence-electron chi connectivity index (χ4n) is 4.04. The van der Waals surface area contributed by atoms with Gasteiger partial charge in [-0.25, -0.2) is 17.7 Å². The monoisotopic (exact) mass is 766 g/mol. The summed E-state index contributed by atoms with van der Waals surface area (Å²) in [6, 6.07) is 0. The van der Waals surface area contributed by atoms with Crippen LogP contribution in [0, 0.1) is 47.3 Å². The molecular formula is C33H50Cl4Zr2-5. The molecule has 0 aliphatic heterocycles. The van der Waals surface area contributed by atoms with Gasteiger partial charge >= 0.3 is 64.1 Å². The predicted octanol–water partition coefficient (Wildman–Crippen LogP) is 5.92. The molecule has 0 atom stereocenters. The topological polar surface area (TPSA) is 0 Å². The molecule has 4 rings (SSSR count). The van der Waals surface area contributed by atoms with Gasteiger partial charge in [-0.15, -0.1) is 13.3 Å². The molecule has 0 aromatic rings. The molecule has 0 fully saturated rings. The third-order valence-electron chi connectivity index (χ3n) is 6.83. The summed E-state index contributed by atoms with van der Waals surface area (Å²) in [6.45, 7) is 19.9. The normalized spacial score (nSPS) is 16.5. The van der Waals surface area contributed by atoms with E-state index in [2.05, 4.69) is 92.7 Å². The zero-order valence-corrected chi connectivity index (χ0v) is 34.5. The van der Waals surface area contributed by atoms with Gasteiger partial charge in [0.2, 0.25) is 0 Å². The van der Waals surface area contributed by atoms with Crippen LogP contribution in [0.3, 0.4) is 0 Å². The first-order valence-corrected chi connectivity index (χ1v) is 17.5. The molecule has 39 heavy (non-hydrogen) atoms.